The van der Waals surface area contributed by atoms with Gasteiger partial charge >= 0.3 is 0 Å². The SMILES string of the molecule is CN(C)CCOc1ccc(NC(=O)CCc2ccncc2)cc1Cl. The third-order valence-electron chi connectivity index (χ3n) is 3.40. The first-order valence-corrected chi connectivity index (χ1v) is 8.18. The maximum absolute atomic E-state index is 12.0. The van der Waals surface area contributed by atoms with Crippen molar-refractivity contribution in [3.8, 4) is 5.75 Å². The molecule has 1 heterocycles. The molecule has 1 aromatic carbocycles. The van der Waals surface area contributed by atoms with Gasteiger partial charge in [0.05, 0.1) is 5.02 Å². The van der Waals surface area contributed by atoms with Gasteiger partial charge in [-0.05, 0) is 56.4 Å². The molecular formula is C18H22ClN3O2. The smallest absolute Gasteiger partial charge is 0.224 e. The Morgan fingerprint density at radius 2 is 2.00 bits per heavy atom. The number of benzene rings is 1. The standard InChI is InChI=1S/C18H22ClN3O2/c1-22(2)11-12-24-17-5-4-15(13-16(17)19)21-18(23)6-3-14-7-9-20-10-8-14/h4-5,7-10,13H,3,6,11-12H2,1-2H3,(H,21,23). The molecule has 0 atom stereocenters. The summed E-state index contributed by atoms with van der Waals surface area (Å²) in [6.07, 6.45) is 4.53. The van der Waals surface area contributed by atoms with E-state index in [-0.39, 0.29) is 5.91 Å². The maximum Gasteiger partial charge on any atom is 0.224 e. The zero-order valence-corrected chi connectivity index (χ0v) is 14.7. The van der Waals surface area contributed by atoms with Crippen LogP contribution in [-0.4, -0.2) is 43.0 Å². The van der Waals surface area contributed by atoms with Crippen molar-refractivity contribution in [3.63, 3.8) is 0 Å². The summed E-state index contributed by atoms with van der Waals surface area (Å²) in [6.45, 7) is 1.37. The highest BCUT2D eigenvalue weighted by atomic mass is 35.5. The number of likely N-dealkylation sites (N-methyl/N-ethyl adjacent to an activating group) is 1. The number of amides is 1. The van der Waals surface area contributed by atoms with Gasteiger partial charge in [-0.2, -0.15) is 0 Å². The number of rotatable bonds is 8. The van der Waals surface area contributed by atoms with E-state index in [9.17, 15) is 4.79 Å². The molecule has 0 saturated carbocycles. The number of carbonyl (C=O) groups excluding carboxylic acids is 1. The van der Waals surface area contributed by atoms with Gasteiger partial charge in [-0.1, -0.05) is 11.6 Å². The molecule has 5 nitrogen and oxygen atoms in total. The molecule has 0 fully saturated rings. The molecule has 1 amide bonds. The highest BCUT2D eigenvalue weighted by Gasteiger charge is 2.07. The molecule has 0 bridgehead atoms. The molecule has 0 aliphatic heterocycles. The Morgan fingerprint density at radius 3 is 2.67 bits per heavy atom. The van der Waals surface area contributed by atoms with Crippen molar-refractivity contribution >= 4 is 23.2 Å². The molecule has 1 aromatic heterocycles. The first-order chi connectivity index (χ1) is 11.5. The fourth-order valence-electron chi connectivity index (χ4n) is 2.06. The molecule has 0 spiro atoms. The third-order valence-corrected chi connectivity index (χ3v) is 3.70. The zero-order chi connectivity index (χ0) is 17.4. The van der Waals surface area contributed by atoms with Crippen molar-refractivity contribution < 1.29 is 9.53 Å². The number of carbonyl (C=O) groups is 1. The van der Waals surface area contributed by atoms with Crippen molar-refractivity contribution in [1.29, 1.82) is 0 Å². The van der Waals surface area contributed by atoms with Crippen LogP contribution >= 0.6 is 11.6 Å². The molecule has 0 aliphatic rings. The number of aromatic nitrogens is 1. The number of hydrogen-bond donors (Lipinski definition) is 1. The normalized spacial score (nSPS) is 10.7. The molecule has 0 aliphatic carbocycles. The van der Waals surface area contributed by atoms with Crippen LogP contribution in [-0.2, 0) is 11.2 Å². The van der Waals surface area contributed by atoms with Crippen LogP contribution in [0.3, 0.4) is 0 Å². The number of pyridine rings is 1. The summed E-state index contributed by atoms with van der Waals surface area (Å²) < 4.78 is 5.62. The van der Waals surface area contributed by atoms with Crippen LogP contribution < -0.4 is 10.1 Å². The Labute approximate surface area is 147 Å². The number of anilines is 1. The maximum atomic E-state index is 12.0. The molecule has 0 unspecified atom stereocenters. The lowest BCUT2D eigenvalue weighted by atomic mass is 10.1. The van der Waals surface area contributed by atoms with Gasteiger partial charge in [-0.3, -0.25) is 9.78 Å². The number of nitrogens with one attached hydrogen (secondary N) is 1. The summed E-state index contributed by atoms with van der Waals surface area (Å²) in [5.74, 6) is 0.567. The molecular weight excluding hydrogens is 326 g/mol. The number of halogens is 1. The Hall–Kier alpha value is -2.11. The minimum absolute atomic E-state index is 0.0517. The summed E-state index contributed by atoms with van der Waals surface area (Å²) in [4.78, 5) is 18.0. The van der Waals surface area contributed by atoms with Crippen LogP contribution in [0.4, 0.5) is 5.69 Å². The number of ether oxygens (including phenoxy) is 1. The number of hydrogen-bond acceptors (Lipinski definition) is 4. The fourth-order valence-corrected chi connectivity index (χ4v) is 2.30. The van der Waals surface area contributed by atoms with Gasteiger partial charge in [0.25, 0.3) is 0 Å². The minimum atomic E-state index is -0.0517. The second-order valence-electron chi connectivity index (χ2n) is 5.70. The number of nitrogens with zero attached hydrogens (tertiary/aromatic N) is 2. The van der Waals surface area contributed by atoms with Gasteiger partial charge < -0.3 is 15.0 Å². The molecule has 2 rings (SSSR count). The number of aryl methyl sites for hydroxylation is 1. The summed E-state index contributed by atoms with van der Waals surface area (Å²) in [6, 6.07) is 9.09. The average Bonchev–Trinajstić information content (AvgIpc) is 2.56. The lowest BCUT2D eigenvalue weighted by molar-refractivity contribution is -0.116. The molecule has 2 aromatic rings. The van der Waals surface area contributed by atoms with Crippen LogP contribution in [0.5, 0.6) is 5.75 Å². The van der Waals surface area contributed by atoms with E-state index in [0.29, 0.717) is 35.9 Å². The quantitative estimate of drug-likeness (QED) is 0.796. The predicted molar refractivity (Wildman–Crippen MR) is 96.7 cm³/mol. The fraction of sp³-hybridized carbons (Fsp3) is 0.333. The Bertz CT molecular complexity index is 663. The van der Waals surface area contributed by atoms with Gasteiger partial charge in [0.1, 0.15) is 12.4 Å². The lowest BCUT2D eigenvalue weighted by Gasteiger charge is -2.13. The lowest BCUT2D eigenvalue weighted by Crippen LogP contribution is -2.19. The molecule has 0 saturated heterocycles. The summed E-state index contributed by atoms with van der Waals surface area (Å²) >= 11 is 6.20. The minimum Gasteiger partial charge on any atom is -0.491 e. The van der Waals surface area contributed by atoms with Crippen molar-refractivity contribution in [3.05, 3.63) is 53.3 Å². The van der Waals surface area contributed by atoms with Crippen LogP contribution in [0, 0.1) is 0 Å². The van der Waals surface area contributed by atoms with E-state index in [4.69, 9.17) is 16.3 Å². The summed E-state index contributed by atoms with van der Waals surface area (Å²) in [7, 11) is 3.96. The van der Waals surface area contributed by atoms with Crippen molar-refractivity contribution in [1.82, 2.24) is 9.88 Å². The van der Waals surface area contributed by atoms with E-state index >= 15 is 0 Å². The van der Waals surface area contributed by atoms with Gasteiger partial charge in [0, 0.05) is 31.0 Å². The molecule has 24 heavy (non-hydrogen) atoms. The average molecular weight is 348 g/mol. The Balaban J connectivity index is 1.83. The summed E-state index contributed by atoms with van der Waals surface area (Å²) in [5.41, 5.74) is 1.75. The van der Waals surface area contributed by atoms with Crippen LogP contribution in [0.1, 0.15) is 12.0 Å². The van der Waals surface area contributed by atoms with Crippen LogP contribution in [0.25, 0.3) is 0 Å². The van der Waals surface area contributed by atoms with E-state index in [1.807, 2.05) is 31.1 Å². The van der Waals surface area contributed by atoms with Crippen molar-refractivity contribution in [2.75, 3.05) is 32.6 Å². The molecule has 1 N–H and O–H groups in total. The summed E-state index contributed by atoms with van der Waals surface area (Å²) in [5, 5.41) is 3.34. The second kappa shape index (κ2) is 9.25. The van der Waals surface area contributed by atoms with Crippen LogP contribution in [0.15, 0.2) is 42.7 Å². The van der Waals surface area contributed by atoms with Gasteiger partial charge in [0.2, 0.25) is 5.91 Å². The topological polar surface area (TPSA) is 54.5 Å². The largest absolute Gasteiger partial charge is 0.491 e. The van der Waals surface area contributed by atoms with Gasteiger partial charge in [0.15, 0.2) is 0 Å². The zero-order valence-electron chi connectivity index (χ0n) is 14.0. The van der Waals surface area contributed by atoms with Crippen molar-refractivity contribution in [2.24, 2.45) is 0 Å². The van der Waals surface area contributed by atoms with Crippen LogP contribution in [0.2, 0.25) is 5.02 Å². The highest BCUT2D eigenvalue weighted by molar-refractivity contribution is 6.32. The van der Waals surface area contributed by atoms with E-state index in [1.165, 1.54) is 0 Å². The second-order valence-corrected chi connectivity index (χ2v) is 6.11. The Kier molecular flexibility index (Phi) is 7.03. The Morgan fingerprint density at radius 1 is 1.25 bits per heavy atom. The van der Waals surface area contributed by atoms with E-state index < -0.39 is 0 Å². The van der Waals surface area contributed by atoms with E-state index in [0.717, 1.165) is 12.1 Å². The van der Waals surface area contributed by atoms with Crippen molar-refractivity contribution in [2.45, 2.75) is 12.8 Å². The molecule has 0 radical (unpaired) electrons. The first-order valence-electron chi connectivity index (χ1n) is 7.80. The third kappa shape index (κ3) is 6.18. The van der Waals surface area contributed by atoms with E-state index in [1.54, 1.807) is 30.6 Å². The first kappa shape index (κ1) is 18.2. The predicted octanol–water partition coefficient (Wildman–Crippen LogP) is 3.25. The highest BCUT2D eigenvalue weighted by Crippen LogP contribution is 2.27. The van der Waals surface area contributed by atoms with Gasteiger partial charge in [-0.15, -0.1) is 0 Å². The van der Waals surface area contributed by atoms with Gasteiger partial charge in [-0.25, -0.2) is 0 Å². The monoisotopic (exact) mass is 347 g/mol. The molecule has 128 valence electrons. The van der Waals surface area contributed by atoms with E-state index in [2.05, 4.69) is 10.3 Å². The molecule has 6 heteroatoms.